The molecule has 0 amide bonds. The minimum Gasteiger partial charge on any atom is -0.358 e. The van der Waals surface area contributed by atoms with Crippen LogP contribution in [0.3, 0.4) is 0 Å². The third kappa shape index (κ3) is 1.45. The van der Waals surface area contributed by atoms with Crippen LogP contribution in [0.2, 0.25) is 0 Å². The number of benzene rings is 2. The molecule has 2 nitrogen and oxygen atoms in total. The topological polar surface area (TPSA) is 31.6 Å². The Balaban J connectivity index is 2.19. The summed E-state index contributed by atoms with van der Waals surface area (Å²) in [5.41, 5.74) is 6.07. The maximum Gasteiger partial charge on any atom is 0.0486 e. The van der Waals surface area contributed by atoms with Crippen LogP contribution in [0.4, 0.5) is 0 Å². The van der Waals surface area contributed by atoms with Crippen molar-refractivity contribution in [1.82, 2.24) is 9.97 Å². The van der Waals surface area contributed by atoms with E-state index >= 15 is 0 Å². The second-order valence-electron chi connectivity index (χ2n) is 5.28. The molecule has 20 heavy (non-hydrogen) atoms. The Kier molecular flexibility index (Phi) is 2.27. The standard InChI is InChI=1S/C18H16N2/c1-3-6-12-11(2)19-17-10-18-15(9-14(12)17)13-7-4-5-8-16(13)20-18/h3-10,19-20H,1-2H3/b6-3-. The van der Waals surface area contributed by atoms with Crippen molar-refractivity contribution in [2.75, 3.05) is 0 Å². The van der Waals surface area contributed by atoms with Gasteiger partial charge < -0.3 is 9.97 Å². The van der Waals surface area contributed by atoms with Crippen LogP contribution in [0.5, 0.6) is 0 Å². The third-order valence-corrected chi connectivity index (χ3v) is 3.99. The number of aromatic nitrogens is 2. The average Bonchev–Trinajstić information content (AvgIpc) is 2.95. The fourth-order valence-electron chi connectivity index (χ4n) is 3.08. The van der Waals surface area contributed by atoms with Crippen molar-refractivity contribution in [1.29, 1.82) is 0 Å². The normalized spacial score (nSPS) is 12.3. The highest BCUT2D eigenvalue weighted by molar-refractivity contribution is 6.12. The van der Waals surface area contributed by atoms with Gasteiger partial charge in [-0.1, -0.05) is 30.4 Å². The molecule has 0 bridgehead atoms. The van der Waals surface area contributed by atoms with Crippen LogP contribution in [-0.4, -0.2) is 9.97 Å². The number of aryl methyl sites for hydroxylation is 1. The minimum atomic E-state index is 1.19. The van der Waals surface area contributed by atoms with Crippen molar-refractivity contribution >= 4 is 38.8 Å². The Hall–Kier alpha value is -2.48. The molecule has 2 heteroatoms. The number of rotatable bonds is 1. The largest absolute Gasteiger partial charge is 0.358 e. The highest BCUT2D eigenvalue weighted by atomic mass is 14.7. The van der Waals surface area contributed by atoms with Crippen molar-refractivity contribution in [3.8, 4) is 0 Å². The molecule has 0 saturated heterocycles. The van der Waals surface area contributed by atoms with Gasteiger partial charge >= 0.3 is 0 Å². The SMILES string of the molecule is C/C=C\c1c(C)[nH]c2cc3[nH]c4ccccc4c3cc12. The summed E-state index contributed by atoms with van der Waals surface area (Å²) < 4.78 is 0. The van der Waals surface area contributed by atoms with Crippen LogP contribution in [0.1, 0.15) is 18.2 Å². The molecule has 0 spiro atoms. The fourth-order valence-corrected chi connectivity index (χ4v) is 3.08. The van der Waals surface area contributed by atoms with E-state index < -0.39 is 0 Å². The first-order chi connectivity index (χ1) is 9.78. The molecule has 0 aliphatic carbocycles. The van der Waals surface area contributed by atoms with Crippen molar-refractivity contribution in [3.63, 3.8) is 0 Å². The predicted octanol–water partition coefficient (Wildman–Crippen LogP) is 5.14. The van der Waals surface area contributed by atoms with Gasteiger partial charge in [0.2, 0.25) is 0 Å². The lowest BCUT2D eigenvalue weighted by Gasteiger charge is -1.95. The van der Waals surface area contributed by atoms with Gasteiger partial charge in [0, 0.05) is 44.0 Å². The monoisotopic (exact) mass is 260 g/mol. The molecule has 2 heterocycles. The molecule has 0 fully saturated rings. The lowest BCUT2D eigenvalue weighted by atomic mass is 10.1. The van der Waals surface area contributed by atoms with E-state index in [1.54, 1.807) is 0 Å². The quantitative estimate of drug-likeness (QED) is 0.474. The van der Waals surface area contributed by atoms with Gasteiger partial charge in [0.05, 0.1) is 0 Å². The first-order valence-corrected chi connectivity index (χ1v) is 6.93. The van der Waals surface area contributed by atoms with Gasteiger partial charge in [-0.05, 0) is 32.0 Å². The predicted molar refractivity (Wildman–Crippen MR) is 87.1 cm³/mol. The summed E-state index contributed by atoms with van der Waals surface area (Å²) >= 11 is 0. The van der Waals surface area contributed by atoms with E-state index in [4.69, 9.17) is 0 Å². The number of nitrogens with one attached hydrogen (secondary N) is 2. The Bertz CT molecular complexity index is 967. The Morgan fingerprint density at radius 2 is 1.65 bits per heavy atom. The summed E-state index contributed by atoms with van der Waals surface area (Å²) in [7, 11) is 0. The zero-order valence-corrected chi connectivity index (χ0v) is 11.6. The molecule has 0 saturated carbocycles. The van der Waals surface area contributed by atoms with Gasteiger partial charge in [-0.2, -0.15) is 0 Å². The molecule has 98 valence electrons. The molecule has 0 unspecified atom stereocenters. The molecule has 2 aromatic heterocycles. The Morgan fingerprint density at radius 1 is 0.850 bits per heavy atom. The number of H-pyrrole nitrogens is 2. The summed E-state index contributed by atoms with van der Waals surface area (Å²) in [5, 5.41) is 3.87. The van der Waals surface area contributed by atoms with Crippen molar-refractivity contribution in [2.24, 2.45) is 0 Å². The van der Waals surface area contributed by atoms with Crippen LogP contribution >= 0.6 is 0 Å². The number of hydrogen-bond donors (Lipinski definition) is 2. The first-order valence-electron chi connectivity index (χ1n) is 6.93. The van der Waals surface area contributed by atoms with Crippen LogP contribution in [-0.2, 0) is 0 Å². The molecule has 4 rings (SSSR count). The first kappa shape index (κ1) is 11.4. The highest BCUT2D eigenvalue weighted by Crippen LogP contribution is 2.32. The minimum absolute atomic E-state index is 1.19. The summed E-state index contributed by atoms with van der Waals surface area (Å²) in [4.78, 5) is 6.97. The zero-order valence-electron chi connectivity index (χ0n) is 11.6. The molecular weight excluding hydrogens is 244 g/mol. The van der Waals surface area contributed by atoms with E-state index in [1.165, 1.54) is 44.0 Å². The van der Waals surface area contributed by atoms with Crippen LogP contribution < -0.4 is 0 Å². The number of fused-ring (bicyclic) bond motifs is 4. The molecule has 2 N–H and O–H groups in total. The van der Waals surface area contributed by atoms with Crippen LogP contribution in [0.25, 0.3) is 38.8 Å². The molecular formula is C18H16N2. The Labute approximate surface area is 117 Å². The second-order valence-corrected chi connectivity index (χ2v) is 5.28. The molecule has 0 aliphatic heterocycles. The third-order valence-electron chi connectivity index (χ3n) is 3.99. The Morgan fingerprint density at radius 3 is 2.50 bits per heavy atom. The number of para-hydroxylation sites is 1. The molecule has 0 radical (unpaired) electrons. The van der Waals surface area contributed by atoms with Gasteiger partial charge in [-0.25, -0.2) is 0 Å². The highest BCUT2D eigenvalue weighted by Gasteiger charge is 2.10. The summed E-state index contributed by atoms with van der Waals surface area (Å²) in [6.07, 6.45) is 4.27. The average molecular weight is 260 g/mol. The van der Waals surface area contributed by atoms with E-state index in [-0.39, 0.29) is 0 Å². The maximum atomic E-state index is 3.49. The van der Waals surface area contributed by atoms with Gasteiger partial charge in [-0.3, -0.25) is 0 Å². The summed E-state index contributed by atoms with van der Waals surface area (Å²) in [6.45, 7) is 4.18. The van der Waals surface area contributed by atoms with Crippen molar-refractivity contribution in [3.05, 3.63) is 53.7 Å². The van der Waals surface area contributed by atoms with Crippen LogP contribution in [0, 0.1) is 6.92 Å². The van der Waals surface area contributed by atoms with Crippen LogP contribution in [0.15, 0.2) is 42.5 Å². The van der Waals surface area contributed by atoms with Gasteiger partial charge in [-0.15, -0.1) is 0 Å². The van der Waals surface area contributed by atoms with Gasteiger partial charge in [0.1, 0.15) is 0 Å². The van der Waals surface area contributed by atoms with E-state index in [2.05, 4.69) is 72.4 Å². The molecule has 0 atom stereocenters. The van der Waals surface area contributed by atoms with E-state index in [1.807, 2.05) is 0 Å². The van der Waals surface area contributed by atoms with Gasteiger partial charge in [0.15, 0.2) is 0 Å². The van der Waals surface area contributed by atoms with Crippen molar-refractivity contribution < 1.29 is 0 Å². The zero-order chi connectivity index (χ0) is 13.7. The molecule has 2 aromatic carbocycles. The lowest BCUT2D eigenvalue weighted by molar-refractivity contribution is 1.29. The maximum absolute atomic E-state index is 3.49. The number of aromatic amines is 2. The fraction of sp³-hybridized carbons (Fsp3) is 0.111. The number of allylic oxidation sites excluding steroid dienone is 1. The summed E-state index contributed by atoms with van der Waals surface area (Å²) in [5.74, 6) is 0. The molecule has 4 aromatic rings. The van der Waals surface area contributed by atoms with Gasteiger partial charge in [0.25, 0.3) is 0 Å². The lowest BCUT2D eigenvalue weighted by Crippen LogP contribution is -1.73. The smallest absolute Gasteiger partial charge is 0.0486 e. The second kappa shape index (κ2) is 4.01. The molecule has 0 aliphatic rings. The number of hydrogen-bond acceptors (Lipinski definition) is 0. The van der Waals surface area contributed by atoms with E-state index in [0.29, 0.717) is 0 Å². The van der Waals surface area contributed by atoms with E-state index in [9.17, 15) is 0 Å². The van der Waals surface area contributed by atoms with Crippen molar-refractivity contribution in [2.45, 2.75) is 13.8 Å². The van der Waals surface area contributed by atoms with E-state index in [0.717, 1.165) is 0 Å². The summed E-state index contributed by atoms with van der Waals surface area (Å²) in [6, 6.07) is 13.0.